The molecule has 0 spiro atoms. The van der Waals surface area contributed by atoms with Gasteiger partial charge in [-0.3, -0.25) is 0 Å². The number of hydrogen-bond acceptors (Lipinski definition) is 3. The molecule has 0 fully saturated rings. The normalized spacial score (nSPS) is 11.6. The van der Waals surface area contributed by atoms with E-state index in [4.69, 9.17) is 4.42 Å². The largest absolute Gasteiger partial charge is 0.500 e. The van der Waals surface area contributed by atoms with E-state index in [-0.39, 0.29) is 20.1 Å². The van der Waals surface area contributed by atoms with Crippen LogP contribution < -0.4 is 10.4 Å². The Morgan fingerprint density at radius 1 is 0.600 bits per heavy atom. The van der Waals surface area contributed by atoms with E-state index in [1.54, 1.807) is 0 Å². The van der Waals surface area contributed by atoms with Crippen LogP contribution in [0.15, 0.2) is 102 Å². The first-order valence-electron chi connectivity index (χ1n) is 13.3. The number of hydrogen-bond donors (Lipinski definition) is 0. The Morgan fingerprint density at radius 2 is 1.20 bits per heavy atom. The van der Waals surface area contributed by atoms with Crippen LogP contribution in [0.4, 0.5) is 0 Å². The summed E-state index contributed by atoms with van der Waals surface area (Å²) in [7, 11) is -2.54. The van der Waals surface area contributed by atoms with Crippen molar-refractivity contribution < 1.29 is 24.5 Å². The Morgan fingerprint density at radius 3 is 1.75 bits per heavy atom. The van der Waals surface area contributed by atoms with Crippen LogP contribution in [0.3, 0.4) is 0 Å². The second-order valence-corrected chi connectivity index (χ2v) is 22.0. The summed E-state index contributed by atoms with van der Waals surface area (Å²) in [5, 5.41) is 5.02. The van der Waals surface area contributed by atoms with Gasteiger partial charge < -0.3 is 14.4 Å². The van der Waals surface area contributed by atoms with Crippen molar-refractivity contribution in [1.29, 1.82) is 0 Å². The molecule has 0 aliphatic rings. The second-order valence-electron chi connectivity index (χ2n) is 11.9. The van der Waals surface area contributed by atoms with Crippen LogP contribution in [0.5, 0.6) is 0 Å². The molecular weight excluding hydrogens is 701 g/mol. The molecule has 0 atom stereocenters. The molecule has 3 heterocycles. The molecule has 3 aromatic carbocycles. The van der Waals surface area contributed by atoms with Gasteiger partial charge in [0.2, 0.25) is 0 Å². The molecule has 6 aromatic rings. The van der Waals surface area contributed by atoms with E-state index in [0.717, 1.165) is 44.5 Å². The van der Waals surface area contributed by atoms with Gasteiger partial charge in [0.15, 0.2) is 0 Å². The zero-order chi connectivity index (χ0) is 27.6. The molecule has 0 N–H and O–H groups in total. The number of rotatable bonds is 4. The number of benzene rings is 3. The standard InChI is InChI=1S/C20H18NOSi.C14H16NSi.Ir/c1-23(2,3)15-9-10-18(21-13-15)14-8-11-20-17(12-14)16-6-4-5-7-19(16)22-20;1-16(2,3)13-9-10-14(15-11-13)12-7-5-4-6-8-12;/h4-7,9-13H,1-3H3;4-7,9-11H,1-3H3;/q2*-1;. The SMILES string of the molecule is C[Si](C)(C)c1ccc(-c2[c-]cc3oc4ccccc4c3c2)nc1.C[Si](C)(C)c1ccc(-c2[c-]cccc2)nc1.[Ir]. The minimum Gasteiger partial charge on any atom is -0.500 e. The summed E-state index contributed by atoms with van der Waals surface area (Å²) in [6.07, 6.45) is 4.04. The topological polar surface area (TPSA) is 38.9 Å². The van der Waals surface area contributed by atoms with Crippen molar-refractivity contribution in [2.24, 2.45) is 0 Å². The van der Waals surface area contributed by atoms with Gasteiger partial charge in [0.05, 0.1) is 21.7 Å². The van der Waals surface area contributed by atoms with Gasteiger partial charge >= 0.3 is 0 Å². The van der Waals surface area contributed by atoms with E-state index < -0.39 is 16.1 Å². The zero-order valence-electron chi connectivity index (χ0n) is 23.9. The van der Waals surface area contributed by atoms with Crippen LogP contribution in [0, 0.1) is 12.1 Å². The quantitative estimate of drug-likeness (QED) is 0.136. The predicted octanol–water partition coefficient (Wildman–Crippen LogP) is 8.08. The number of nitrogens with zero attached hydrogens (tertiary/aromatic N) is 2. The van der Waals surface area contributed by atoms with Crippen molar-refractivity contribution in [1.82, 2.24) is 9.97 Å². The summed E-state index contributed by atoms with van der Waals surface area (Å²) in [6.45, 7) is 14.0. The molecule has 1 radical (unpaired) electrons. The predicted molar refractivity (Wildman–Crippen MR) is 170 cm³/mol. The molecule has 0 aliphatic carbocycles. The van der Waals surface area contributed by atoms with Crippen LogP contribution in [-0.2, 0) is 20.1 Å². The third-order valence-corrected chi connectivity index (χ3v) is 10.9. The van der Waals surface area contributed by atoms with E-state index >= 15 is 0 Å². The van der Waals surface area contributed by atoms with Crippen molar-refractivity contribution in [2.75, 3.05) is 0 Å². The number of furan rings is 1. The maximum atomic E-state index is 5.86. The summed E-state index contributed by atoms with van der Waals surface area (Å²) in [4.78, 5) is 9.18. The first kappa shape index (κ1) is 29.8. The smallest absolute Gasteiger partial charge is 0.120 e. The van der Waals surface area contributed by atoms with Gasteiger partial charge in [0, 0.05) is 37.9 Å². The van der Waals surface area contributed by atoms with Crippen molar-refractivity contribution in [3.05, 3.63) is 109 Å². The fourth-order valence-electron chi connectivity index (χ4n) is 4.36. The zero-order valence-corrected chi connectivity index (χ0v) is 28.3. The number of para-hydroxylation sites is 1. The Kier molecular flexibility index (Phi) is 9.06. The third kappa shape index (κ3) is 6.76. The molecule has 3 nitrogen and oxygen atoms in total. The van der Waals surface area contributed by atoms with Gasteiger partial charge in [-0.25, -0.2) is 0 Å². The van der Waals surface area contributed by atoms with Gasteiger partial charge in [0.25, 0.3) is 0 Å². The number of aromatic nitrogens is 2. The van der Waals surface area contributed by atoms with E-state index in [1.807, 2.05) is 60.9 Å². The second kappa shape index (κ2) is 12.2. The summed E-state index contributed by atoms with van der Waals surface area (Å²) in [5.41, 5.74) is 5.81. The van der Waals surface area contributed by atoms with Crippen molar-refractivity contribution in [3.63, 3.8) is 0 Å². The van der Waals surface area contributed by atoms with Gasteiger partial charge in [-0.1, -0.05) is 87.1 Å². The minimum absolute atomic E-state index is 0. The van der Waals surface area contributed by atoms with Crippen LogP contribution in [0.25, 0.3) is 44.5 Å². The maximum Gasteiger partial charge on any atom is 0.120 e. The van der Waals surface area contributed by atoms with Gasteiger partial charge in [-0.2, -0.15) is 0 Å². The van der Waals surface area contributed by atoms with Crippen LogP contribution in [0.2, 0.25) is 39.3 Å². The summed E-state index contributed by atoms with van der Waals surface area (Å²) >= 11 is 0. The Labute approximate surface area is 253 Å². The van der Waals surface area contributed by atoms with Crippen molar-refractivity contribution in [3.8, 4) is 22.5 Å². The van der Waals surface area contributed by atoms with Crippen LogP contribution in [0.1, 0.15) is 0 Å². The molecule has 0 aliphatic heterocycles. The van der Waals surface area contributed by atoms with E-state index in [2.05, 4.69) is 97.8 Å². The van der Waals surface area contributed by atoms with Crippen molar-refractivity contribution >= 4 is 48.5 Å². The molecule has 205 valence electrons. The molecule has 40 heavy (non-hydrogen) atoms. The van der Waals surface area contributed by atoms with E-state index in [0.29, 0.717) is 0 Å². The first-order chi connectivity index (χ1) is 18.6. The van der Waals surface area contributed by atoms with E-state index in [9.17, 15) is 0 Å². The average molecular weight is 735 g/mol. The molecule has 0 amide bonds. The third-order valence-electron chi connectivity index (χ3n) is 6.83. The minimum atomic E-state index is -1.31. The monoisotopic (exact) mass is 735 g/mol. The molecule has 6 heteroatoms. The summed E-state index contributed by atoms with van der Waals surface area (Å²) < 4.78 is 5.86. The first-order valence-corrected chi connectivity index (χ1v) is 20.3. The summed E-state index contributed by atoms with van der Waals surface area (Å²) in [5.74, 6) is 0. The molecule has 0 unspecified atom stereocenters. The van der Waals surface area contributed by atoms with E-state index in [1.165, 1.54) is 10.4 Å². The fourth-order valence-corrected chi connectivity index (χ4v) is 6.43. The maximum absolute atomic E-state index is 5.86. The molecular formula is C34H34IrN2OSi2-2. The Balaban J connectivity index is 0.000000192. The van der Waals surface area contributed by atoms with Gasteiger partial charge in [-0.15, -0.1) is 59.7 Å². The molecule has 0 saturated heterocycles. The molecule has 3 aromatic heterocycles. The van der Waals surface area contributed by atoms with Crippen molar-refractivity contribution in [2.45, 2.75) is 39.3 Å². The van der Waals surface area contributed by atoms with Crippen LogP contribution >= 0.6 is 0 Å². The van der Waals surface area contributed by atoms with Gasteiger partial charge in [0.1, 0.15) is 5.58 Å². The molecule has 0 bridgehead atoms. The average Bonchev–Trinajstić information content (AvgIpc) is 3.31. The number of pyridine rings is 2. The molecule has 6 rings (SSSR count). The Bertz CT molecular complexity index is 1700. The van der Waals surface area contributed by atoms with Crippen LogP contribution in [-0.4, -0.2) is 26.1 Å². The fraction of sp³-hybridized carbons (Fsp3) is 0.176. The summed E-state index contributed by atoms with van der Waals surface area (Å²) in [6, 6.07) is 35.2. The Hall–Kier alpha value is -3.16. The van der Waals surface area contributed by atoms with Gasteiger partial charge in [-0.05, 0) is 27.8 Å². The molecule has 0 saturated carbocycles. The number of fused-ring (bicyclic) bond motifs is 3.